The standard InChI is InChI=1S/C49H55N3O13/c1-26-15-38(56)34-16-30-17-40(65-62-25-48(61,45(59)42(58)39(57)24-53)19-27-6-9-37(55)32-8-7-31(54)18-33(27)32)49(13-4-5-28(20-49)35-21-51-46(60)47(35)11-2-3-12-47)64-43(30)41(44(34)63-26)52-22-29-10-14-50-36(29)23-52/h6-10,14-16,18,23,28,35,39-40,42,45,53-55,57-59,61H,2-5,11-13,17,19-22,24-25H2,1H3,(H,51,60)/p+1/t28-,35-,39+,40+,42+,45-,48-,49+/m0/s1. The summed E-state index contributed by atoms with van der Waals surface area (Å²) in [5.74, 6) is 1.05. The molecular weight excluding hydrogens is 839 g/mol. The Labute approximate surface area is 374 Å². The van der Waals surface area contributed by atoms with Gasteiger partial charge in [-0.2, -0.15) is 0 Å². The minimum Gasteiger partial charge on any atom is -0.508 e. The van der Waals surface area contributed by atoms with Crippen LogP contribution in [-0.4, -0.2) is 110 Å². The zero-order valence-corrected chi connectivity index (χ0v) is 36.2. The maximum absolute atomic E-state index is 13.7. The van der Waals surface area contributed by atoms with Crippen molar-refractivity contribution in [1.29, 1.82) is 0 Å². The third-order valence-electron chi connectivity index (χ3n) is 15.3. The van der Waals surface area contributed by atoms with Gasteiger partial charge in [-0.15, -0.1) is 0 Å². The van der Waals surface area contributed by atoms with Crippen molar-refractivity contribution in [1.82, 2.24) is 5.32 Å². The Bertz CT molecular complexity index is 2710. The minimum atomic E-state index is -2.40. The monoisotopic (exact) mass is 894 g/mol. The van der Waals surface area contributed by atoms with E-state index in [-0.39, 0.29) is 41.1 Å². The van der Waals surface area contributed by atoms with Gasteiger partial charge in [0.15, 0.2) is 11.2 Å². The van der Waals surface area contributed by atoms with Crippen molar-refractivity contribution in [3.63, 3.8) is 0 Å². The number of carbonyl (C=O) groups excluding carboxylic acids is 1. The number of quaternary nitrogens is 1. The Morgan fingerprint density at radius 2 is 1.83 bits per heavy atom. The molecule has 1 amide bonds. The van der Waals surface area contributed by atoms with E-state index in [0.29, 0.717) is 76.0 Å². The second-order valence-electron chi connectivity index (χ2n) is 19.2. The highest BCUT2D eigenvalue weighted by molar-refractivity contribution is 5.92. The van der Waals surface area contributed by atoms with E-state index < -0.39 is 60.7 Å². The predicted octanol–water partition coefficient (Wildman–Crippen LogP) is 2.58. The minimum absolute atomic E-state index is 0.0608. The van der Waals surface area contributed by atoms with Gasteiger partial charge in [0.25, 0.3) is 0 Å². The Morgan fingerprint density at radius 1 is 1.02 bits per heavy atom. The number of nitrogens with one attached hydrogen (secondary N) is 2. The van der Waals surface area contributed by atoms with Crippen molar-refractivity contribution in [2.24, 2.45) is 22.2 Å². The molecule has 4 aliphatic heterocycles. The topological polar surface area (TPSA) is 245 Å². The second kappa shape index (κ2) is 16.6. The van der Waals surface area contributed by atoms with Gasteiger partial charge in [-0.3, -0.25) is 19.5 Å². The number of ether oxygens (including phenoxy) is 1. The third-order valence-corrected chi connectivity index (χ3v) is 15.3. The summed E-state index contributed by atoms with van der Waals surface area (Å²) in [7, 11) is 0. The van der Waals surface area contributed by atoms with E-state index in [1.54, 1.807) is 19.2 Å². The highest BCUT2D eigenvalue weighted by Gasteiger charge is 2.59. The van der Waals surface area contributed by atoms with Crippen LogP contribution in [0.1, 0.15) is 68.3 Å². The number of aliphatic hydroxyl groups is 5. The number of rotatable bonds is 12. The summed E-state index contributed by atoms with van der Waals surface area (Å²) < 4.78 is 13.8. The van der Waals surface area contributed by atoms with Crippen molar-refractivity contribution in [2.45, 2.75) is 107 Å². The number of carbonyl (C=O) groups is 1. The molecule has 1 unspecified atom stereocenters. The predicted molar refractivity (Wildman–Crippen MR) is 236 cm³/mol. The SMILES string of the molecule is Cc1cc(=O)c2cc3c(c([NH+]4C=C5N=CC=C5C4)c2o1)O[C@@]1(CCC[C@H]([C@@H]2CNC(=O)C24CCCC4)C1)[C@H](OOC[C@@](O)(Cc1ccc(O)c2ccc(O)cc12)[C@@H](O)[C@H](O)[C@H](O)CO)C3. The van der Waals surface area contributed by atoms with E-state index in [1.807, 2.05) is 12.3 Å². The number of hydrogen-bond acceptors (Lipinski definition) is 14. The molecule has 10 rings (SSSR count). The molecule has 1 aromatic heterocycles. The molecule has 3 aromatic carbocycles. The summed E-state index contributed by atoms with van der Waals surface area (Å²) in [6, 6.07) is 10.4. The summed E-state index contributed by atoms with van der Waals surface area (Å²) >= 11 is 0. The van der Waals surface area contributed by atoms with Crippen LogP contribution in [-0.2, 0) is 27.4 Å². The first-order valence-electron chi connectivity index (χ1n) is 22.7. The van der Waals surface area contributed by atoms with Crippen LogP contribution in [0, 0.1) is 24.2 Å². The number of aryl methyl sites for hydroxylation is 1. The van der Waals surface area contributed by atoms with Crippen LogP contribution in [0.5, 0.6) is 17.2 Å². The van der Waals surface area contributed by atoms with E-state index in [9.17, 15) is 45.3 Å². The molecule has 344 valence electrons. The zero-order chi connectivity index (χ0) is 45.4. The maximum atomic E-state index is 13.7. The van der Waals surface area contributed by atoms with E-state index in [1.165, 1.54) is 36.4 Å². The van der Waals surface area contributed by atoms with Gasteiger partial charge in [-0.25, -0.2) is 9.78 Å². The molecule has 2 spiro atoms. The highest BCUT2D eigenvalue weighted by atomic mass is 17.2. The molecule has 0 bridgehead atoms. The van der Waals surface area contributed by atoms with Gasteiger partial charge in [0.05, 0.1) is 17.4 Å². The molecule has 2 saturated carbocycles. The number of aromatic hydroxyl groups is 2. The van der Waals surface area contributed by atoms with Crippen molar-refractivity contribution >= 4 is 39.6 Å². The first-order chi connectivity index (χ1) is 31.2. The van der Waals surface area contributed by atoms with Crippen molar-refractivity contribution in [3.8, 4) is 17.2 Å². The Morgan fingerprint density at radius 3 is 2.62 bits per heavy atom. The fourth-order valence-corrected chi connectivity index (χ4v) is 12.0. The number of hydrogen-bond donors (Lipinski definition) is 9. The van der Waals surface area contributed by atoms with E-state index in [0.717, 1.165) is 54.7 Å². The van der Waals surface area contributed by atoms with Crippen molar-refractivity contribution < 1.29 is 64.4 Å². The van der Waals surface area contributed by atoms with Gasteiger partial charge in [0, 0.05) is 48.2 Å². The number of nitrogens with zero attached hydrogens (tertiary/aromatic N) is 1. The number of amides is 1. The number of phenols is 2. The number of aliphatic imine (C=N–C) groups is 1. The van der Waals surface area contributed by atoms with Gasteiger partial charge in [-0.1, -0.05) is 18.9 Å². The number of benzene rings is 3. The van der Waals surface area contributed by atoms with Crippen LogP contribution in [0.15, 0.2) is 80.2 Å². The van der Waals surface area contributed by atoms with Gasteiger partial charge in [-0.05, 0) is 105 Å². The summed E-state index contributed by atoms with van der Waals surface area (Å²) in [5.41, 5.74) is -0.141. The number of allylic oxidation sites excluding steroid dienone is 1. The van der Waals surface area contributed by atoms with Gasteiger partial charge in [0.2, 0.25) is 17.2 Å². The summed E-state index contributed by atoms with van der Waals surface area (Å²) in [5, 5.41) is 80.4. The summed E-state index contributed by atoms with van der Waals surface area (Å²) in [6.45, 7) is 1.18. The molecule has 9 N–H and O–H groups in total. The van der Waals surface area contributed by atoms with E-state index in [4.69, 9.17) is 18.9 Å². The van der Waals surface area contributed by atoms with Gasteiger partial charge >= 0.3 is 0 Å². The fraction of sp³-hybridized carbons (Fsp3) is 0.490. The quantitative estimate of drug-likeness (QED) is 0.0735. The van der Waals surface area contributed by atoms with Crippen LogP contribution in [0.25, 0.3) is 21.7 Å². The first kappa shape index (κ1) is 43.7. The fourth-order valence-electron chi connectivity index (χ4n) is 12.0. The molecule has 9 atom stereocenters. The molecule has 2 aliphatic carbocycles. The third kappa shape index (κ3) is 7.44. The van der Waals surface area contributed by atoms with Crippen LogP contribution in [0.3, 0.4) is 0 Å². The normalized spacial score (nSPS) is 27.9. The lowest BCUT2D eigenvalue weighted by Gasteiger charge is -2.50. The largest absolute Gasteiger partial charge is 0.508 e. The highest BCUT2D eigenvalue weighted by Crippen LogP contribution is 2.56. The van der Waals surface area contributed by atoms with Crippen LogP contribution >= 0.6 is 0 Å². The van der Waals surface area contributed by atoms with Crippen LogP contribution in [0.4, 0.5) is 5.69 Å². The molecule has 6 aliphatic rings. The molecule has 65 heavy (non-hydrogen) atoms. The van der Waals surface area contributed by atoms with E-state index in [2.05, 4.69) is 10.3 Å². The maximum Gasteiger partial charge on any atom is 0.226 e. The average molecular weight is 895 g/mol. The van der Waals surface area contributed by atoms with Crippen molar-refractivity contribution in [2.75, 3.05) is 26.3 Å². The Balaban J connectivity index is 1.04. The molecule has 1 saturated heterocycles. The van der Waals surface area contributed by atoms with Crippen molar-refractivity contribution in [3.05, 3.63) is 93.1 Å². The lowest BCUT2D eigenvalue weighted by Crippen LogP contribution is -3.01. The molecular formula is C49H56N3O13+. The summed E-state index contributed by atoms with van der Waals surface area (Å²) in [6.07, 6.45) is 4.98. The molecule has 5 heterocycles. The molecule has 16 nitrogen and oxygen atoms in total. The first-order valence-corrected chi connectivity index (χ1v) is 22.7. The summed E-state index contributed by atoms with van der Waals surface area (Å²) in [4.78, 5) is 45.2. The van der Waals surface area contributed by atoms with Crippen LogP contribution in [0.2, 0.25) is 0 Å². The Kier molecular flexibility index (Phi) is 11.2. The lowest BCUT2D eigenvalue weighted by atomic mass is 9.62. The molecule has 3 fully saturated rings. The average Bonchev–Trinajstić information content (AvgIpc) is 4.10. The zero-order valence-electron chi connectivity index (χ0n) is 36.2. The number of phenolic OH excluding ortho intramolecular Hbond substituents is 2. The van der Waals surface area contributed by atoms with Gasteiger partial charge < -0.3 is 50.2 Å². The molecule has 16 heteroatoms. The van der Waals surface area contributed by atoms with E-state index >= 15 is 0 Å². The number of fused-ring (bicyclic) bond motifs is 4. The molecule has 4 aromatic rings. The van der Waals surface area contributed by atoms with Gasteiger partial charge in [0.1, 0.15) is 77.9 Å². The number of aliphatic hydroxyl groups excluding tert-OH is 4. The smallest absolute Gasteiger partial charge is 0.226 e. The second-order valence-corrected chi connectivity index (χ2v) is 19.2. The molecule has 0 radical (unpaired) electrons. The van der Waals surface area contributed by atoms with Crippen LogP contribution < -0.4 is 20.4 Å². The lowest BCUT2D eigenvalue weighted by molar-refractivity contribution is -0.763. The Hall–Kier alpha value is -5.17.